The monoisotopic (exact) mass is 670 g/mol. The van der Waals surface area contributed by atoms with Crippen LogP contribution >= 0.6 is 0 Å². The van der Waals surface area contributed by atoms with Crippen LogP contribution in [0.4, 0.5) is 0 Å². The smallest absolute Gasteiger partial charge is 0.000719 e. The molecule has 0 amide bonds. The largest absolute Gasteiger partial charge is 0.0991 e. The highest BCUT2D eigenvalue weighted by Gasteiger charge is 2.31. The molecule has 11 rings (SSSR count). The fourth-order valence-corrected chi connectivity index (χ4v) is 9.49. The molecule has 0 aliphatic heterocycles. The summed E-state index contributed by atoms with van der Waals surface area (Å²) in [6.45, 7) is 6.17. The second kappa shape index (κ2) is 11.4. The molecule has 2 aliphatic carbocycles. The van der Waals surface area contributed by atoms with Crippen LogP contribution in [0.3, 0.4) is 0 Å². The van der Waals surface area contributed by atoms with Crippen LogP contribution < -0.4 is 0 Å². The van der Waals surface area contributed by atoms with E-state index in [1.54, 1.807) is 0 Å². The third-order valence-corrected chi connectivity index (χ3v) is 11.7. The van der Waals surface area contributed by atoms with Crippen molar-refractivity contribution in [1.29, 1.82) is 0 Å². The molecule has 0 fully saturated rings. The van der Waals surface area contributed by atoms with Crippen molar-refractivity contribution in [2.45, 2.75) is 6.92 Å². The number of rotatable bonds is 5. The zero-order valence-electron chi connectivity index (χ0n) is 29.5. The Labute approximate surface area is 309 Å². The maximum atomic E-state index is 3.93. The third-order valence-electron chi connectivity index (χ3n) is 11.7. The zero-order valence-corrected chi connectivity index (χ0v) is 29.5. The highest BCUT2D eigenvalue weighted by Crippen LogP contribution is 2.59. The van der Waals surface area contributed by atoms with Gasteiger partial charge in [-0.1, -0.05) is 170 Å². The van der Waals surface area contributed by atoms with Crippen molar-refractivity contribution in [2.24, 2.45) is 0 Å². The molecule has 9 aromatic rings. The summed E-state index contributed by atoms with van der Waals surface area (Å²) in [7, 11) is 0. The van der Waals surface area contributed by atoms with Gasteiger partial charge < -0.3 is 0 Å². The first-order valence-electron chi connectivity index (χ1n) is 18.5. The Bertz CT molecular complexity index is 3100. The summed E-state index contributed by atoms with van der Waals surface area (Å²) in [6, 6.07) is 58.9. The first kappa shape index (κ1) is 29.9. The molecule has 0 saturated carbocycles. The predicted octanol–water partition coefficient (Wildman–Crippen LogP) is 14.9. The minimum absolute atomic E-state index is 1.23. The SMILES string of the molecule is C=C/C=C\C1=C(C)c2cccc3c(-c4ccc5c(-c6ccccc6)c6c(c(-c7ccccc7)c5c4)-c4cc5ccccc5c5cccc-6c45)ccc1c23. The van der Waals surface area contributed by atoms with Gasteiger partial charge in [-0.25, -0.2) is 0 Å². The van der Waals surface area contributed by atoms with E-state index in [1.807, 2.05) is 12.2 Å². The minimum atomic E-state index is 1.23. The van der Waals surface area contributed by atoms with E-state index >= 15 is 0 Å². The lowest BCUT2D eigenvalue weighted by Crippen LogP contribution is -1.94. The highest BCUT2D eigenvalue weighted by molar-refractivity contribution is 6.31. The van der Waals surface area contributed by atoms with E-state index in [2.05, 4.69) is 177 Å². The van der Waals surface area contributed by atoms with Crippen molar-refractivity contribution in [1.82, 2.24) is 0 Å². The summed E-state index contributed by atoms with van der Waals surface area (Å²) in [5.41, 5.74) is 18.0. The average Bonchev–Trinajstić information content (AvgIpc) is 3.68. The minimum Gasteiger partial charge on any atom is -0.0991 e. The molecule has 0 heteroatoms. The van der Waals surface area contributed by atoms with Crippen molar-refractivity contribution >= 4 is 54.2 Å². The standard InChI is InChI=1S/C53H34/c1-3-4-20-37-32(2)38-22-13-23-42-40(28-29-43(37)50(38)42)36-26-27-44-46(30-36)49(34-17-9-6-10-18-34)53-47-31-35-19-11-12-21-39(35)41-24-14-25-45(51(41)47)52(53)48(44)33-15-7-5-8-16-33/h3-31H,1H2,2H3/b20-4-. The van der Waals surface area contributed by atoms with Gasteiger partial charge in [0.1, 0.15) is 0 Å². The van der Waals surface area contributed by atoms with Gasteiger partial charge in [0.15, 0.2) is 0 Å². The first-order valence-corrected chi connectivity index (χ1v) is 18.5. The van der Waals surface area contributed by atoms with Gasteiger partial charge in [-0.15, -0.1) is 0 Å². The van der Waals surface area contributed by atoms with Gasteiger partial charge in [0.05, 0.1) is 0 Å². The molecule has 53 heavy (non-hydrogen) atoms. The third kappa shape index (κ3) is 4.18. The molecule has 0 radical (unpaired) electrons. The quantitative estimate of drug-likeness (QED) is 0.126. The second-order valence-corrected chi connectivity index (χ2v) is 14.4. The lowest BCUT2D eigenvalue weighted by molar-refractivity contribution is 1.61. The van der Waals surface area contributed by atoms with Crippen LogP contribution in [0, 0.1) is 0 Å². The molecule has 0 saturated heterocycles. The highest BCUT2D eigenvalue weighted by atomic mass is 14.3. The van der Waals surface area contributed by atoms with Gasteiger partial charge in [-0.05, 0) is 140 Å². The molecular weight excluding hydrogens is 637 g/mol. The number of benzene rings is 9. The van der Waals surface area contributed by atoms with Gasteiger partial charge in [-0.3, -0.25) is 0 Å². The first-order chi connectivity index (χ1) is 26.2. The molecule has 0 N–H and O–H groups in total. The summed E-state index contributed by atoms with van der Waals surface area (Å²) in [4.78, 5) is 0. The van der Waals surface area contributed by atoms with Crippen molar-refractivity contribution in [3.63, 3.8) is 0 Å². The molecule has 0 bridgehead atoms. The summed E-state index contributed by atoms with van der Waals surface area (Å²) < 4.78 is 0. The van der Waals surface area contributed by atoms with Crippen molar-refractivity contribution < 1.29 is 0 Å². The molecule has 0 atom stereocenters. The zero-order chi connectivity index (χ0) is 35.2. The second-order valence-electron chi connectivity index (χ2n) is 14.4. The van der Waals surface area contributed by atoms with Crippen molar-refractivity contribution in [3.05, 3.63) is 194 Å². The average molecular weight is 671 g/mol. The molecule has 246 valence electrons. The van der Waals surface area contributed by atoms with Crippen LogP contribution in [0.5, 0.6) is 0 Å². The molecular formula is C53H34. The van der Waals surface area contributed by atoms with E-state index in [0.717, 1.165) is 0 Å². The Balaban J connectivity index is 1.28. The van der Waals surface area contributed by atoms with Crippen LogP contribution in [0.25, 0.3) is 110 Å². The molecule has 0 spiro atoms. The van der Waals surface area contributed by atoms with E-state index in [4.69, 9.17) is 0 Å². The summed E-state index contributed by atoms with van der Waals surface area (Å²) >= 11 is 0. The van der Waals surface area contributed by atoms with Gasteiger partial charge in [0.2, 0.25) is 0 Å². The van der Waals surface area contributed by atoms with E-state index in [9.17, 15) is 0 Å². The number of hydrogen-bond acceptors (Lipinski definition) is 0. The Morgan fingerprint density at radius 1 is 0.396 bits per heavy atom. The van der Waals surface area contributed by atoms with E-state index in [-0.39, 0.29) is 0 Å². The lowest BCUT2D eigenvalue weighted by Gasteiger charge is -2.21. The predicted molar refractivity (Wildman–Crippen MR) is 229 cm³/mol. The summed E-state index contributed by atoms with van der Waals surface area (Å²) in [5, 5.41) is 10.4. The Hall–Kier alpha value is -6.76. The lowest BCUT2D eigenvalue weighted by atomic mass is 9.81. The Kier molecular flexibility index (Phi) is 6.42. The van der Waals surface area contributed by atoms with E-state index in [1.165, 1.54) is 121 Å². The topological polar surface area (TPSA) is 0 Å². The van der Waals surface area contributed by atoms with Gasteiger partial charge >= 0.3 is 0 Å². The number of allylic oxidation sites excluding steroid dienone is 5. The molecule has 0 heterocycles. The van der Waals surface area contributed by atoms with Gasteiger partial charge in [0, 0.05) is 0 Å². The number of hydrogen-bond donors (Lipinski definition) is 0. The molecule has 9 aromatic carbocycles. The Morgan fingerprint density at radius 2 is 1.02 bits per heavy atom. The fourth-order valence-electron chi connectivity index (χ4n) is 9.49. The van der Waals surface area contributed by atoms with Gasteiger partial charge in [0.25, 0.3) is 0 Å². The normalized spacial score (nSPS) is 12.9. The maximum absolute atomic E-state index is 3.93. The molecule has 0 nitrogen and oxygen atoms in total. The maximum Gasteiger partial charge on any atom is -0.000719 e. The van der Waals surface area contributed by atoms with E-state index < -0.39 is 0 Å². The Morgan fingerprint density at radius 3 is 1.79 bits per heavy atom. The van der Waals surface area contributed by atoms with Crippen LogP contribution in [-0.4, -0.2) is 0 Å². The molecule has 2 aliphatic rings. The van der Waals surface area contributed by atoms with Gasteiger partial charge in [-0.2, -0.15) is 0 Å². The van der Waals surface area contributed by atoms with Crippen LogP contribution in [0.1, 0.15) is 18.1 Å². The summed E-state index contributed by atoms with van der Waals surface area (Å²) in [6.07, 6.45) is 6.10. The molecule has 0 aromatic heterocycles. The summed E-state index contributed by atoms with van der Waals surface area (Å²) in [5.74, 6) is 0. The van der Waals surface area contributed by atoms with Crippen LogP contribution in [0.2, 0.25) is 0 Å². The van der Waals surface area contributed by atoms with Crippen molar-refractivity contribution in [3.8, 4) is 55.6 Å². The van der Waals surface area contributed by atoms with Crippen molar-refractivity contribution in [2.75, 3.05) is 0 Å². The van der Waals surface area contributed by atoms with E-state index in [0.29, 0.717) is 0 Å². The fraction of sp³-hybridized carbons (Fsp3) is 0.0189. The van der Waals surface area contributed by atoms with Crippen LogP contribution in [-0.2, 0) is 0 Å². The molecule has 0 unspecified atom stereocenters. The van der Waals surface area contributed by atoms with Crippen LogP contribution in [0.15, 0.2) is 183 Å². The number of fused-ring (bicyclic) bond motifs is 6.